The van der Waals surface area contributed by atoms with Crippen LogP contribution in [0, 0.1) is 6.92 Å². The van der Waals surface area contributed by atoms with Crippen molar-refractivity contribution in [1.29, 1.82) is 0 Å². The molecule has 1 aliphatic heterocycles. The van der Waals surface area contributed by atoms with E-state index >= 15 is 0 Å². The number of rotatable bonds is 3. The number of aryl methyl sites for hydroxylation is 1. The number of hydrogen-bond donors (Lipinski definition) is 0. The van der Waals surface area contributed by atoms with Gasteiger partial charge in [-0.3, -0.25) is 4.79 Å². The number of nitrogens with zero attached hydrogens (tertiary/aromatic N) is 5. The molecule has 4 rings (SSSR count). The van der Waals surface area contributed by atoms with E-state index in [-0.39, 0.29) is 22.8 Å². The zero-order valence-corrected chi connectivity index (χ0v) is 16.8. The standard InChI is InChI=1S/C19H20F3N5OS/c1-3-25-6-8-26(9-7-25)18(28)13-11-23-27-16(19(20,21)22)10-14(24-17(13)27)15-5-4-12(2)29-15/h4-5,10-11H,3,6-9H2,1-2H3. The Hall–Kier alpha value is -2.46. The van der Waals surface area contributed by atoms with Crippen LogP contribution >= 0.6 is 11.3 Å². The number of aromatic nitrogens is 3. The van der Waals surface area contributed by atoms with Gasteiger partial charge in [0.2, 0.25) is 0 Å². The van der Waals surface area contributed by atoms with Gasteiger partial charge in [0.25, 0.3) is 5.91 Å². The summed E-state index contributed by atoms with van der Waals surface area (Å²) in [4.78, 5) is 22.9. The number of carbonyl (C=O) groups is 1. The van der Waals surface area contributed by atoms with Crippen molar-refractivity contribution in [3.63, 3.8) is 0 Å². The largest absolute Gasteiger partial charge is 0.433 e. The van der Waals surface area contributed by atoms with Crippen LogP contribution in [0.25, 0.3) is 16.2 Å². The van der Waals surface area contributed by atoms with E-state index in [2.05, 4.69) is 21.9 Å². The van der Waals surface area contributed by atoms with Gasteiger partial charge < -0.3 is 9.80 Å². The van der Waals surface area contributed by atoms with Crippen LogP contribution < -0.4 is 0 Å². The van der Waals surface area contributed by atoms with Crippen LogP contribution in [0.5, 0.6) is 0 Å². The van der Waals surface area contributed by atoms with E-state index in [1.54, 1.807) is 11.0 Å². The second-order valence-electron chi connectivity index (χ2n) is 6.95. The fraction of sp³-hybridized carbons (Fsp3) is 0.421. The summed E-state index contributed by atoms with van der Waals surface area (Å²) in [6.07, 6.45) is -3.43. The average Bonchev–Trinajstić information content (AvgIpc) is 3.32. The molecule has 1 amide bonds. The van der Waals surface area contributed by atoms with Crippen molar-refractivity contribution in [2.24, 2.45) is 0 Å². The molecule has 3 aromatic rings. The van der Waals surface area contributed by atoms with Crippen LogP contribution in [0.2, 0.25) is 0 Å². The van der Waals surface area contributed by atoms with Gasteiger partial charge in [-0.15, -0.1) is 11.3 Å². The molecule has 0 spiro atoms. The Morgan fingerprint density at radius 3 is 2.52 bits per heavy atom. The molecule has 1 fully saturated rings. The average molecular weight is 423 g/mol. The second-order valence-corrected chi connectivity index (χ2v) is 8.24. The van der Waals surface area contributed by atoms with Crippen molar-refractivity contribution >= 4 is 22.9 Å². The highest BCUT2D eigenvalue weighted by Gasteiger charge is 2.36. The Labute approximate surface area is 169 Å². The van der Waals surface area contributed by atoms with E-state index in [9.17, 15) is 18.0 Å². The van der Waals surface area contributed by atoms with Gasteiger partial charge in [0.15, 0.2) is 11.3 Å². The van der Waals surface area contributed by atoms with Crippen LogP contribution in [0.1, 0.15) is 27.9 Å². The highest BCUT2D eigenvalue weighted by molar-refractivity contribution is 7.15. The maximum Gasteiger partial charge on any atom is 0.433 e. The van der Waals surface area contributed by atoms with Crippen molar-refractivity contribution < 1.29 is 18.0 Å². The lowest BCUT2D eigenvalue weighted by Gasteiger charge is -2.33. The lowest BCUT2D eigenvalue weighted by molar-refractivity contribution is -0.142. The molecular weight excluding hydrogens is 403 g/mol. The Morgan fingerprint density at radius 1 is 1.21 bits per heavy atom. The maximum absolute atomic E-state index is 13.7. The lowest BCUT2D eigenvalue weighted by Crippen LogP contribution is -2.48. The third-order valence-corrected chi connectivity index (χ3v) is 6.12. The maximum atomic E-state index is 13.7. The van der Waals surface area contributed by atoms with E-state index in [1.165, 1.54) is 17.5 Å². The molecule has 154 valence electrons. The first-order valence-electron chi connectivity index (χ1n) is 9.32. The number of piperazine rings is 1. The molecule has 0 N–H and O–H groups in total. The highest BCUT2D eigenvalue weighted by atomic mass is 32.1. The molecule has 29 heavy (non-hydrogen) atoms. The number of thiophene rings is 1. The monoisotopic (exact) mass is 423 g/mol. The van der Waals surface area contributed by atoms with Gasteiger partial charge in [0.1, 0.15) is 5.56 Å². The molecule has 0 aliphatic carbocycles. The summed E-state index contributed by atoms with van der Waals surface area (Å²) in [5.41, 5.74) is -0.731. The molecule has 1 aliphatic rings. The fourth-order valence-corrected chi connectivity index (χ4v) is 4.28. The quantitative estimate of drug-likeness (QED) is 0.647. The van der Waals surface area contributed by atoms with Crippen LogP contribution in [-0.4, -0.2) is 63.0 Å². The SMILES string of the molecule is CCN1CCN(C(=O)c2cnn3c(C(F)(F)F)cc(-c4ccc(C)s4)nc23)CC1. The molecule has 0 bridgehead atoms. The first-order chi connectivity index (χ1) is 13.8. The van der Waals surface area contributed by atoms with Crippen molar-refractivity contribution in [2.75, 3.05) is 32.7 Å². The first kappa shape index (κ1) is 19.8. The third kappa shape index (κ3) is 3.74. The van der Waals surface area contributed by atoms with Crippen molar-refractivity contribution in [1.82, 2.24) is 24.4 Å². The minimum atomic E-state index is -4.62. The summed E-state index contributed by atoms with van der Waals surface area (Å²) in [5.74, 6) is -0.337. The number of amides is 1. The van der Waals surface area contributed by atoms with Gasteiger partial charge in [0, 0.05) is 31.1 Å². The molecular formula is C19H20F3N5OS. The summed E-state index contributed by atoms with van der Waals surface area (Å²) in [7, 11) is 0. The fourth-order valence-electron chi connectivity index (χ4n) is 3.45. The minimum Gasteiger partial charge on any atom is -0.336 e. The Kier molecular flexibility index (Phi) is 5.07. The summed E-state index contributed by atoms with van der Waals surface area (Å²) in [6, 6.07) is 4.55. The molecule has 10 heteroatoms. The molecule has 0 unspecified atom stereocenters. The predicted molar refractivity (Wildman–Crippen MR) is 104 cm³/mol. The van der Waals surface area contributed by atoms with Crippen LogP contribution in [-0.2, 0) is 6.18 Å². The van der Waals surface area contributed by atoms with Crippen molar-refractivity contribution in [3.8, 4) is 10.6 Å². The van der Waals surface area contributed by atoms with E-state index in [0.29, 0.717) is 18.0 Å². The molecule has 0 aromatic carbocycles. The summed E-state index contributed by atoms with van der Waals surface area (Å²) >= 11 is 1.36. The number of halogens is 3. The highest BCUT2D eigenvalue weighted by Crippen LogP contribution is 2.34. The third-order valence-electron chi connectivity index (χ3n) is 5.09. The van der Waals surface area contributed by atoms with Gasteiger partial charge in [-0.1, -0.05) is 6.92 Å². The van der Waals surface area contributed by atoms with Gasteiger partial charge in [-0.2, -0.15) is 18.3 Å². The molecule has 6 nitrogen and oxygen atoms in total. The number of alkyl halides is 3. The normalized spacial score (nSPS) is 16.0. The Bertz CT molecular complexity index is 1050. The van der Waals surface area contributed by atoms with Gasteiger partial charge in [-0.25, -0.2) is 9.50 Å². The molecule has 3 aromatic heterocycles. The Morgan fingerprint density at radius 2 is 1.93 bits per heavy atom. The smallest absolute Gasteiger partial charge is 0.336 e. The number of fused-ring (bicyclic) bond motifs is 1. The topological polar surface area (TPSA) is 53.7 Å². The molecule has 1 saturated heterocycles. The first-order valence-corrected chi connectivity index (χ1v) is 10.1. The van der Waals surface area contributed by atoms with Gasteiger partial charge in [-0.05, 0) is 31.7 Å². The number of hydrogen-bond acceptors (Lipinski definition) is 5. The van der Waals surface area contributed by atoms with E-state index in [0.717, 1.165) is 35.1 Å². The summed E-state index contributed by atoms with van der Waals surface area (Å²) < 4.78 is 41.8. The number of likely N-dealkylation sites (N-methyl/N-ethyl adjacent to an activating group) is 1. The zero-order chi connectivity index (χ0) is 20.8. The molecule has 0 atom stereocenters. The second kappa shape index (κ2) is 7.42. The van der Waals surface area contributed by atoms with Gasteiger partial charge in [0.05, 0.1) is 16.8 Å². The molecule has 0 saturated carbocycles. The van der Waals surface area contributed by atoms with Crippen LogP contribution in [0.15, 0.2) is 24.4 Å². The van der Waals surface area contributed by atoms with Gasteiger partial charge >= 0.3 is 6.18 Å². The van der Waals surface area contributed by atoms with E-state index < -0.39 is 11.9 Å². The van der Waals surface area contributed by atoms with Crippen LogP contribution in [0.4, 0.5) is 13.2 Å². The summed E-state index contributed by atoms with van der Waals surface area (Å²) in [6.45, 7) is 7.36. The number of carbonyl (C=O) groups excluding carboxylic acids is 1. The van der Waals surface area contributed by atoms with Crippen molar-refractivity contribution in [3.05, 3.63) is 40.5 Å². The minimum absolute atomic E-state index is 0.0659. The van der Waals surface area contributed by atoms with Crippen molar-refractivity contribution in [2.45, 2.75) is 20.0 Å². The molecule has 4 heterocycles. The zero-order valence-electron chi connectivity index (χ0n) is 16.0. The molecule has 0 radical (unpaired) electrons. The Balaban J connectivity index is 1.79. The summed E-state index contributed by atoms with van der Waals surface area (Å²) in [5, 5.41) is 3.85. The van der Waals surface area contributed by atoms with Crippen LogP contribution in [0.3, 0.4) is 0 Å². The van der Waals surface area contributed by atoms with E-state index in [4.69, 9.17) is 0 Å². The predicted octanol–water partition coefficient (Wildman–Crippen LogP) is 3.56. The lowest BCUT2D eigenvalue weighted by atomic mass is 10.2. The van der Waals surface area contributed by atoms with E-state index in [1.807, 2.05) is 13.0 Å².